The van der Waals surface area contributed by atoms with Gasteiger partial charge >= 0.3 is 0 Å². The molecule has 4 nitrogen and oxygen atoms in total. The van der Waals surface area contributed by atoms with Crippen molar-refractivity contribution in [2.75, 3.05) is 4.72 Å². The summed E-state index contributed by atoms with van der Waals surface area (Å²) in [6.07, 6.45) is 0.923. The minimum atomic E-state index is -3.62. The van der Waals surface area contributed by atoms with E-state index in [1.54, 1.807) is 29.5 Å². The number of hydrogen-bond acceptors (Lipinski definition) is 5. The number of rotatable bonds is 5. The van der Waals surface area contributed by atoms with Gasteiger partial charge in [-0.05, 0) is 51.0 Å². The maximum absolute atomic E-state index is 12.8. The van der Waals surface area contributed by atoms with Gasteiger partial charge in [-0.25, -0.2) is 13.4 Å². The summed E-state index contributed by atoms with van der Waals surface area (Å²) in [7, 11) is -3.62. The van der Waals surface area contributed by atoms with E-state index in [0.717, 1.165) is 31.8 Å². The third-order valence-electron chi connectivity index (χ3n) is 4.02. The van der Waals surface area contributed by atoms with E-state index in [9.17, 15) is 8.42 Å². The van der Waals surface area contributed by atoms with Gasteiger partial charge in [0.05, 0.1) is 10.6 Å². The van der Waals surface area contributed by atoms with E-state index in [-0.39, 0.29) is 0 Å². The Labute approximate surface area is 156 Å². The van der Waals surface area contributed by atoms with E-state index in [1.807, 2.05) is 32.9 Å². The Hall–Kier alpha value is -1.70. The zero-order chi connectivity index (χ0) is 18.2. The molecule has 7 heteroatoms. The number of nitrogens with one attached hydrogen (secondary N) is 1. The lowest BCUT2D eigenvalue weighted by molar-refractivity contribution is 0.601. The number of aromatic nitrogens is 1. The van der Waals surface area contributed by atoms with Crippen molar-refractivity contribution in [1.29, 1.82) is 0 Å². The Kier molecular flexibility index (Phi) is 4.99. The monoisotopic (exact) mass is 392 g/mol. The van der Waals surface area contributed by atoms with Crippen LogP contribution in [0.3, 0.4) is 0 Å². The fourth-order valence-corrected chi connectivity index (χ4v) is 6.05. The number of thiophene rings is 1. The van der Waals surface area contributed by atoms with Crippen LogP contribution in [0.4, 0.5) is 5.69 Å². The van der Waals surface area contributed by atoms with E-state index in [0.29, 0.717) is 10.6 Å². The van der Waals surface area contributed by atoms with E-state index in [4.69, 9.17) is 0 Å². The molecule has 25 heavy (non-hydrogen) atoms. The fraction of sp³-hybridized carbons (Fsp3) is 0.278. The Balaban J connectivity index is 1.91. The average molecular weight is 393 g/mol. The number of benzene rings is 1. The third-order valence-corrected chi connectivity index (χ3v) is 7.94. The van der Waals surface area contributed by atoms with Gasteiger partial charge in [0.25, 0.3) is 10.0 Å². The van der Waals surface area contributed by atoms with E-state index in [2.05, 4.69) is 16.6 Å². The van der Waals surface area contributed by atoms with E-state index < -0.39 is 10.0 Å². The summed E-state index contributed by atoms with van der Waals surface area (Å²) in [4.78, 5) is 7.65. The number of aryl methyl sites for hydroxylation is 4. The first-order valence-electron chi connectivity index (χ1n) is 7.96. The molecule has 0 saturated heterocycles. The fourth-order valence-electron chi connectivity index (χ4n) is 2.43. The lowest BCUT2D eigenvalue weighted by Crippen LogP contribution is -2.13. The van der Waals surface area contributed by atoms with Gasteiger partial charge in [0.2, 0.25) is 0 Å². The molecule has 0 atom stereocenters. The van der Waals surface area contributed by atoms with Crippen LogP contribution >= 0.6 is 22.7 Å². The summed E-state index contributed by atoms with van der Waals surface area (Å²) in [5.74, 6) is 0. The van der Waals surface area contributed by atoms with Crippen molar-refractivity contribution in [1.82, 2.24) is 4.98 Å². The van der Waals surface area contributed by atoms with Crippen molar-refractivity contribution in [2.24, 2.45) is 0 Å². The quantitative estimate of drug-likeness (QED) is 0.652. The molecule has 3 rings (SSSR count). The van der Waals surface area contributed by atoms with Gasteiger partial charge in [-0.15, -0.1) is 22.7 Å². The zero-order valence-electron chi connectivity index (χ0n) is 14.6. The molecule has 0 saturated carbocycles. The highest BCUT2D eigenvalue weighted by Gasteiger charge is 2.22. The van der Waals surface area contributed by atoms with E-state index >= 15 is 0 Å². The molecule has 0 aliphatic carbocycles. The molecule has 0 aliphatic heterocycles. The molecule has 132 valence electrons. The lowest BCUT2D eigenvalue weighted by Gasteiger charge is -2.08. The Morgan fingerprint density at radius 1 is 1.04 bits per heavy atom. The van der Waals surface area contributed by atoms with Crippen LogP contribution in [0.5, 0.6) is 0 Å². The number of anilines is 1. The van der Waals surface area contributed by atoms with Gasteiger partial charge in [-0.2, -0.15) is 0 Å². The molecule has 0 fully saturated rings. The van der Waals surface area contributed by atoms with Crippen LogP contribution in [0.15, 0.2) is 35.2 Å². The highest BCUT2D eigenvalue weighted by molar-refractivity contribution is 7.93. The average Bonchev–Trinajstić information content (AvgIpc) is 3.11. The Morgan fingerprint density at radius 2 is 1.72 bits per heavy atom. The second kappa shape index (κ2) is 6.90. The SMILES string of the molecule is CCc1ccc(NS(=O)(=O)c2cc(-c3nc(C)c(C)s3)sc2C)cc1. The number of sulfonamides is 1. The molecular weight excluding hydrogens is 372 g/mol. The summed E-state index contributed by atoms with van der Waals surface area (Å²) < 4.78 is 28.2. The summed E-state index contributed by atoms with van der Waals surface area (Å²) >= 11 is 3.05. The van der Waals surface area contributed by atoms with Crippen molar-refractivity contribution in [3.05, 3.63) is 51.3 Å². The Morgan fingerprint density at radius 3 is 2.28 bits per heavy atom. The summed E-state index contributed by atoms with van der Waals surface area (Å²) in [5.41, 5.74) is 2.74. The van der Waals surface area contributed by atoms with Crippen LogP contribution in [0, 0.1) is 20.8 Å². The molecule has 1 N–H and O–H groups in total. The van der Waals surface area contributed by atoms with Gasteiger partial charge in [0, 0.05) is 15.4 Å². The summed E-state index contributed by atoms with van der Waals surface area (Å²) in [5, 5.41) is 0.872. The third kappa shape index (κ3) is 3.78. The van der Waals surface area contributed by atoms with Gasteiger partial charge in [-0.1, -0.05) is 19.1 Å². The molecule has 1 aromatic carbocycles. The normalized spacial score (nSPS) is 11.7. The second-order valence-corrected chi connectivity index (χ2v) is 9.96. The maximum Gasteiger partial charge on any atom is 0.263 e. The lowest BCUT2D eigenvalue weighted by atomic mass is 10.2. The molecule has 0 unspecified atom stereocenters. The Bertz CT molecular complexity index is 980. The van der Waals surface area contributed by atoms with Crippen molar-refractivity contribution < 1.29 is 8.42 Å². The molecule has 0 amide bonds. The van der Waals surface area contributed by atoms with Gasteiger partial charge < -0.3 is 0 Å². The number of hydrogen-bond donors (Lipinski definition) is 1. The molecule has 0 bridgehead atoms. The largest absolute Gasteiger partial charge is 0.280 e. The first-order chi connectivity index (χ1) is 11.8. The smallest absolute Gasteiger partial charge is 0.263 e. The summed E-state index contributed by atoms with van der Waals surface area (Å²) in [6.45, 7) is 7.89. The predicted molar refractivity (Wildman–Crippen MR) is 106 cm³/mol. The van der Waals surface area contributed by atoms with Crippen LogP contribution in [0.1, 0.15) is 27.9 Å². The predicted octanol–water partition coefficient (Wildman–Crippen LogP) is 5.16. The van der Waals surface area contributed by atoms with Gasteiger partial charge in [-0.3, -0.25) is 4.72 Å². The van der Waals surface area contributed by atoms with Crippen molar-refractivity contribution >= 4 is 38.4 Å². The highest BCUT2D eigenvalue weighted by atomic mass is 32.2. The van der Waals surface area contributed by atoms with Crippen LogP contribution in [0.25, 0.3) is 9.88 Å². The van der Waals surface area contributed by atoms with Crippen LogP contribution in [-0.2, 0) is 16.4 Å². The van der Waals surface area contributed by atoms with Crippen molar-refractivity contribution in [3.63, 3.8) is 0 Å². The molecule has 0 radical (unpaired) electrons. The molecular formula is C18H20N2O2S3. The zero-order valence-corrected chi connectivity index (χ0v) is 17.0. The minimum absolute atomic E-state index is 0.317. The van der Waals surface area contributed by atoms with Gasteiger partial charge in [0.1, 0.15) is 9.90 Å². The van der Waals surface area contributed by atoms with Crippen molar-refractivity contribution in [2.45, 2.75) is 39.0 Å². The molecule has 2 heterocycles. The first-order valence-corrected chi connectivity index (χ1v) is 11.1. The maximum atomic E-state index is 12.8. The highest BCUT2D eigenvalue weighted by Crippen LogP contribution is 2.37. The number of thiazole rings is 1. The van der Waals surface area contributed by atoms with Gasteiger partial charge in [0.15, 0.2) is 0 Å². The van der Waals surface area contributed by atoms with Crippen LogP contribution < -0.4 is 4.72 Å². The second-order valence-electron chi connectivity index (χ2n) is 5.85. The standard InChI is InChI=1S/C18H20N2O2S3/c1-5-14-6-8-15(9-7-14)20-25(21,22)17-10-16(23-13(17)4)18-19-11(2)12(3)24-18/h6-10,20H,5H2,1-4H3. The summed E-state index contributed by atoms with van der Waals surface area (Å²) in [6, 6.07) is 9.19. The minimum Gasteiger partial charge on any atom is -0.280 e. The molecule has 0 spiro atoms. The number of nitrogens with zero attached hydrogens (tertiary/aromatic N) is 1. The van der Waals surface area contributed by atoms with E-state index in [1.165, 1.54) is 16.9 Å². The molecule has 0 aliphatic rings. The first kappa shape index (κ1) is 18.1. The molecule has 2 aromatic heterocycles. The molecule has 3 aromatic rings. The van der Waals surface area contributed by atoms with Crippen LogP contribution in [-0.4, -0.2) is 13.4 Å². The topological polar surface area (TPSA) is 59.1 Å². The van der Waals surface area contributed by atoms with Crippen molar-refractivity contribution in [3.8, 4) is 9.88 Å². The van der Waals surface area contributed by atoms with Crippen LogP contribution in [0.2, 0.25) is 0 Å².